The average molecular weight is 477 g/mol. The monoisotopic (exact) mass is 476 g/mol. The van der Waals surface area contributed by atoms with Crippen molar-refractivity contribution in [3.8, 4) is 0 Å². The zero-order valence-corrected chi connectivity index (χ0v) is 20.1. The predicted molar refractivity (Wildman–Crippen MR) is 129 cm³/mol. The Morgan fingerprint density at radius 3 is 2.57 bits per heavy atom. The number of likely N-dealkylation sites (tertiary alicyclic amines) is 1. The second kappa shape index (κ2) is 9.77. The van der Waals surface area contributed by atoms with Gasteiger partial charge in [-0.2, -0.15) is 0 Å². The van der Waals surface area contributed by atoms with Crippen molar-refractivity contribution >= 4 is 17.8 Å². The van der Waals surface area contributed by atoms with Crippen molar-refractivity contribution in [2.75, 3.05) is 26.2 Å². The molecule has 3 aliphatic rings. The second-order valence-electron chi connectivity index (χ2n) is 9.76. The fourth-order valence-electron chi connectivity index (χ4n) is 5.65. The van der Waals surface area contributed by atoms with Gasteiger partial charge in [0.05, 0.1) is 24.8 Å². The Kier molecular flexibility index (Phi) is 6.56. The quantitative estimate of drug-likeness (QED) is 0.648. The number of piperidine rings is 1. The maximum atomic E-state index is 13.9. The number of hydrogen-bond acceptors (Lipinski definition) is 5. The van der Waals surface area contributed by atoms with E-state index in [0.29, 0.717) is 44.7 Å². The van der Waals surface area contributed by atoms with Gasteiger partial charge in [-0.1, -0.05) is 30.3 Å². The van der Waals surface area contributed by atoms with Gasteiger partial charge in [0.2, 0.25) is 5.91 Å². The molecule has 1 N–H and O–H groups in total. The van der Waals surface area contributed by atoms with Crippen LogP contribution in [0.1, 0.15) is 42.5 Å². The summed E-state index contributed by atoms with van der Waals surface area (Å²) in [4.78, 5) is 47.6. The van der Waals surface area contributed by atoms with Crippen LogP contribution in [0.2, 0.25) is 0 Å². The van der Waals surface area contributed by atoms with Crippen molar-refractivity contribution < 1.29 is 19.1 Å². The molecule has 0 bridgehead atoms. The van der Waals surface area contributed by atoms with E-state index in [1.165, 1.54) is 4.90 Å². The summed E-state index contributed by atoms with van der Waals surface area (Å²) in [5.41, 5.74) is 1.48. The van der Waals surface area contributed by atoms with Gasteiger partial charge in [0.15, 0.2) is 5.54 Å². The zero-order valence-electron chi connectivity index (χ0n) is 20.1. The summed E-state index contributed by atoms with van der Waals surface area (Å²) >= 11 is 0. The molecule has 8 heteroatoms. The highest BCUT2D eigenvalue weighted by atomic mass is 16.5. The number of hydrogen-bond donors (Lipinski definition) is 1. The molecule has 0 unspecified atom stereocenters. The van der Waals surface area contributed by atoms with E-state index in [0.717, 1.165) is 24.0 Å². The minimum absolute atomic E-state index is 0.0893. The summed E-state index contributed by atoms with van der Waals surface area (Å²) in [6, 6.07) is 13.0. The molecule has 0 aliphatic carbocycles. The fourth-order valence-corrected chi connectivity index (χ4v) is 5.65. The zero-order chi connectivity index (χ0) is 24.4. The first kappa shape index (κ1) is 23.5. The van der Waals surface area contributed by atoms with Crippen LogP contribution >= 0.6 is 0 Å². The lowest BCUT2D eigenvalue weighted by atomic mass is 9.75. The van der Waals surface area contributed by atoms with Crippen molar-refractivity contribution in [2.24, 2.45) is 5.92 Å². The minimum Gasteiger partial charge on any atom is -0.376 e. The van der Waals surface area contributed by atoms with Crippen molar-refractivity contribution in [2.45, 2.75) is 50.7 Å². The molecule has 184 valence electrons. The molecule has 3 aliphatic heterocycles. The maximum Gasteiger partial charge on any atom is 0.325 e. The molecule has 1 aromatic carbocycles. The number of amides is 4. The molecule has 8 nitrogen and oxygen atoms in total. The standard InChI is InChI=1S/C27H32N4O4/c1-19-7-2-3-8-20(19)17-24(32)30-14-11-21(12-15-30)27(23-10-4-5-13-28-23)25(33)31(26(34)29-27)18-22-9-6-16-35-22/h2-5,7-8,10,13,21-22H,6,9,11-12,14-18H2,1H3,(H,29,34)/t22-,27+/m0/s1. The summed E-state index contributed by atoms with van der Waals surface area (Å²) in [6.45, 7) is 4.02. The molecule has 0 spiro atoms. The number of nitrogens with zero attached hydrogens (tertiary/aromatic N) is 3. The van der Waals surface area contributed by atoms with Gasteiger partial charge < -0.3 is 15.0 Å². The Morgan fingerprint density at radius 1 is 1.11 bits per heavy atom. The Labute approximate surface area is 205 Å². The van der Waals surface area contributed by atoms with Crippen LogP contribution in [0.5, 0.6) is 0 Å². The molecule has 2 aromatic rings. The third-order valence-electron chi connectivity index (χ3n) is 7.67. The lowest BCUT2D eigenvalue weighted by Gasteiger charge is -2.40. The van der Waals surface area contributed by atoms with Gasteiger partial charge in [-0.25, -0.2) is 4.79 Å². The molecule has 4 amide bonds. The van der Waals surface area contributed by atoms with E-state index in [1.807, 2.05) is 48.2 Å². The van der Waals surface area contributed by atoms with E-state index in [-0.39, 0.29) is 30.4 Å². The number of pyridine rings is 1. The second-order valence-corrected chi connectivity index (χ2v) is 9.76. The number of carbonyl (C=O) groups is 3. The van der Waals surface area contributed by atoms with Gasteiger partial charge in [0.1, 0.15) is 0 Å². The molecule has 0 radical (unpaired) electrons. The first-order valence-corrected chi connectivity index (χ1v) is 12.5. The lowest BCUT2D eigenvalue weighted by Crippen LogP contribution is -2.55. The number of imide groups is 1. The summed E-state index contributed by atoms with van der Waals surface area (Å²) in [6.07, 6.45) is 4.90. The van der Waals surface area contributed by atoms with Gasteiger partial charge in [-0.15, -0.1) is 0 Å². The smallest absolute Gasteiger partial charge is 0.325 e. The predicted octanol–water partition coefficient (Wildman–Crippen LogP) is 2.80. The van der Waals surface area contributed by atoms with Crippen LogP contribution in [0.25, 0.3) is 0 Å². The first-order chi connectivity index (χ1) is 17.0. The van der Waals surface area contributed by atoms with Crippen molar-refractivity contribution in [1.29, 1.82) is 0 Å². The number of ether oxygens (including phenoxy) is 1. The van der Waals surface area contributed by atoms with Crippen LogP contribution in [-0.4, -0.2) is 65.0 Å². The summed E-state index contributed by atoms with van der Waals surface area (Å²) in [5.74, 6) is -0.335. The topological polar surface area (TPSA) is 91.8 Å². The Bertz CT molecular complexity index is 1090. The third-order valence-corrected chi connectivity index (χ3v) is 7.67. The molecule has 1 aromatic heterocycles. The van der Waals surface area contributed by atoms with E-state index >= 15 is 0 Å². The number of aromatic nitrogens is 1. The van der Waals surface area contributed by atoms with E-state index in [2.05, 4.69) is 10.3 Å². The molecule has 2 atom stereocenters. The first-order valence-electron chi connectivity index (χ1n) is 12.5. The number of benzene rings is 1. The van der Waals surface area contributed by atoms with Gasteiger partial charge in [0, 0.05) is 31.8 Å². The highest BCUT2D eigenvalue weighted by Gasteiger charge is 2.58. The Balaban J connectivity index is 1.34. The lowest BCUT2D eigenvalue weighted by molar-refractivity contribution is -0.137. The Hall–Kier alpha value is -3.26. The summed E-state index contributed by atoms with van der Waals surface area (Å²) < 4.78 is 5.69. The molecule has 0 saturated carbocycles. The van der Waals surface area contributed by atoms with E-state index in [9.17, 15) is 14.4 Å². The maximum absolute atomic E-state index is 13.9. The molecular weight excluding hydrogens is 444 g/mol. The molecular formula is C27H32N4O4. The average Bonchev–Trinajstić information content (AvgIpc) is 3.49. The van der Waals surface area contributed by atoms with Crippen molar-refractivity contribution in [1.82, 2.24) is 20.1 Å². The van der Waals surface area contributed by atoms with Crippen LogP contribution in [-0.2, 0) is 26.3 Å². The number of carbonyl (C=O) groups excluding carboxylic acids is 3. The van der Waals surface area contributed by atoms with E-state index in [1.54, 1.807) is 12.3 Å². The Morgan fingerprint density at radius 2 is 1.89 bits per heavy atom. The largest absolute Gasteiger partial charge is 0.376 e. The van der Waals surface area contributed by atoms with Crippen LogP contribution in [0.15, 0.2) is 48.7 Å². The SMILES string of the molecule is Cc1ccccc1CC(=O)N1CCC([C@]2(c3ccccn3)NC(=O)N(C[C@@H]3CCCO3)C2=O)CC1. The van der Waals surface area contributed by atoms with Crippen molar-refractivity contribution in [3.05, 3.63) is 65.5 Å². The van der Waals surface area contributed by atoms with Crippen molar-refractivity contribution in [3.63, 3.8) is 0 Å². The molecule has 4 heterocycles. The third kappa shape index (κ3) is 4.43. The van der Waals surface area contributed by atoms with Crippen LogP contribution in [0.3, 0.4) is 0 Å². The highest BCUT2D eigenvalue weighted by molar-refractivity contribution is 6.07. The normalized spacial score (nSPS) is 25.2. The van der Waals surface area contributed by atoms with Gasteiger partial charge in [-0.05, 0) is 55.9 Å². The van der Waals surface area contributed by atoms with Gasteiger partial charge >= 0.3 is 6.03 Å². The van der Waals surface area contributed by atoms with E-state index < -0.39 is 11.6 Å². The molecule has 3 fully saturated rings. The van der Waals surface area contributed by atoms with Gasteiger partial charge in [-0.3, -0.25) is 19.5 Å². The number of urea groups is 1. The highest BCUT2D eigenvalue weighted by Crippen LogP contribution is 2.41. The summed E-state index contributed by atoms with van der Waals surface area (Å²) in [7, 11) is 0. The molecule has 35 heavy (non-hydrogen) atoms. The van der Waals surface area contributed by atoms with E-state index in [4.69, 9.17) is 4.74 Å². The van der Waals surface area contributed by atoms with Crippen LogP contribution < -0.4 is 5.32 Å². The molecule has 5 rings (SSSR count). The van der Waals surface area contributed by atoms with Crippen LogP contribution in [0.4, 0.5) is 4.79 Å². The number of aryl methyl sites for hydroxylation is 1. The van der Waals surface area contributed by atoms with Gasteiger partial charge in [0.25, 0.3) is 5.91 Å². The van der Waals surface area contributed by atoms with Crippen LogP contribution in [0, 0.1) is 12.8 Å². The number of rotatable bonds is 6. The minimum atomic E-state index is -1.22. The fraction of sp³-hybridized carbons (Fsp3) is 0.481. The number of nitrogens with one attached hydrogen (secondary N) is 1. The summed E-state index contributed by atoms with van der Waals surface area (Å²) in [5, 5.41) is 3.03. The molecule has 3 saturated heterocycles.